The summed E-state index contributed by atoms with van der Waals surface area (Å²) in [5.41, 5.74) is 0.833. The zero-order valence-corrected chi connectivity index (χ0v) is 13.7. The molecule has 1 saturated heterocycles. The minimum absolute atomic E-state index is 0.0531. The fourth-order valence-corrected chi connectivity index (χ4v) is 4.58. The third kappa shape index (κ3) is 3.39. The Labute approximate surface area is 127 Å². The molecule has 0 bridgehead atoms. The van der Waals surface area contributed by atoms with Crippen molar-refractivity contribution in [2.75, 3.05) is 26.7 Å². The number of hydrogen-bond acceptors (Lipinski definition) is 4. The Bertz CT molecular complexity index is 581. The lowest BCUT2D eigenvalue weighted by molar-refractivity contribution is 0.335. The molecule has 0 radical (unpaired) electrons. The monoisotopic (exact) mass is 312 g/mol. The fourth-order valence-electron chi connectivity index (χ4n) is 2.75. The molecule has 0 amide bonds. The van der Waals surface area contributed by atoms with Gasteiger partial charge in [0.15, 0.2) is 0 Å². The summed E-state index contributed by atoms with van der Waals surface area (Å²) < 4.78 is 32.7. The maximum Gasteiger partial charge on any atom is 0.243 e. The highest BCUT2D eigenvalue weighted by molar-refractivity contribution is 7.89. The molecule has 0 spiro atoms. The lowest BCUT2D eigenvalue weighted by atomic mass is 10.2. The van der Waals surface area contributed by atoms with Crippen LogP contribution in [0.15, 0.2) is 23.1 Å². The van der Waals surface area contributed by atoms with Crippen LogP contribution in [-0.2, 0) is 10.0 Å². The van der Waals surface area contributed by atoms with Gasteiger partial charge >= 0.3 is 0 Å². The number of nitrogens with one attached hydrogen (secondary N) is 1. The Balaban J connectivity index is 2.35. The van der Waals surface area contributed by atoms with E-state index in [4.69, 9.17) is 4.74 Å². The van der Waals surface area contributed by atoms with Crippen LogP contribution in [0.1, 0.15) is 25.3 Å². The van der Waals surface area contributed by atoms with Gasteiger partial charge < -0.3 is 10.1 Å². The minimum Gasteiger partial charge on any atom is -0.496 e. The van der Waals surface area contributed by atoms with Gasteiger partial charge in [0.05, 0.1) is 12.0 Å². The molecule has 5 nitrogen and oxygen atoms in total. The smallest absolute Gasteiger partial charge is 0.243 e. The Hall–Kier alpha value is -1.11. The molecule has 1 aromatic carbocycles. The summed E-state index contributed by atoms with van der Waals surface area (Å²) in [6.07, 6.45) is 1.68. The second-order valence-electron chi connectivity index (χ2n) is 5.39. The van der Waals surface area contributed by atoms with E-state index in [9.17, 15) is 8.42 Å². The predicted octanol–water partition coefficient (Wildman–Crippen LogP) is 1.77. The van der Waals surface area contributed by atoms with E-state index in [0.29, 0.717) is 17.2 Å². The number of aryl methyl sites for hydroxylation is 1. The zero-order chi connectivity index (χ0) is 15.5. The lowest BCUT2D eigenvalue weighted by Crippen LogP contribution is -2.42. The molecule has 1 aliphatic heterocycles. The molecule has 1 N–H and O–H groups in total. The van der Waals surface area contributed by atoms with Crippen molar-refractivity contribution in [3.05, 3.63) is 23.8 Å². The van der Waals surface area contributed by atoms with Gasteiger partial charge in [-0.2, -0.15) is 4.31 Å². The number of methoxy groups -OCH3 is 1. The van der Waals surface area contributed by atoms with E-state index in [2.05, 4.69) is 5.32 Å². The highest BCUT2D eigenvalue weighted by Gasteiger charge is 2.32. The van der Waals surface area contributed by atoms with Crippen molar-refractivity contribution in [3.63, 3.8) is 0 Å². The summed E-state index contributed by atoms with van der Waals surface area (Å²) in [5.74, 6) is 0.707. The molecule has 0 aromatic heterocycles. The van der Waals surface area contributed by atoms with Crippen molar-refractivity contribution < 1.29 is 13.2 Å². The molecule has 1 aliphatic rings. The second kappa shape index (κ2) is 6.77. The normalized spacial score (nSPS) is 19.1. The van der Waals surface area contributed by atoms with E-state index < -0.39 is 10.0 Å². The van der Waals surface area contributed by atoms with Crippen molar-refractivity contribution in [1.29, 1.82) is 0 Å². The lowest BCUT2D eigenvalue weighted by Gasteiger charge is -2.27. The van der Waals surface area contributed by atoms with E-state index >= 15 is 0 Å². The molecular weight excluding hydrogens is 288 g/mol. The number of sulfonamides is 1. The average Bonchev–Trinajstić information content (AvgIpc) is 2.98. The SMILES string of the molecule is CCCN(C1CCNC1)S(=O)(=O)c1ccc(OC)c(C)c1. The number of hydrogen-bond donors (Lipinski definition) is 1. The first-order chi connectivity index (χ1) is 10.0. The molecule has 21 heavy (non-hydrogen) atoms. The molecule has 1 heterocycles. The number of ether oxygens (including phenoxy) is 1. The third-order valence-electron chi connectivity index (χ3n) is 3.86. The van der Waals surface area contributed by atoms with Crippen molar-refractivity contribution in [1.82, 2.24) is 9.62 Å². The largest absolute Gasteiger partial charge is 0.496 e. The van der Waals surface area contributed by atoms with Gasteiger partial charge in [0.1, 0.15) is 5.75 Å². The first-order valence-electron chi connectivity index (χ1n) is 7.38. The summed E-state index contributed by atoms with van der Waals surface area (Å²) in [6, 6.07) is 5.10. The van der Waals surface area contributed by atoms with Gasteiger partial charge in [-0.25, -0.2) is 8.42 Å². The first-order valence-corrected chi connectivity index (χ1v) is 8.82. The summed E-state index contributed by atoms with van der Waals surface area (Å²) >= 11 is 0. The van der Waals surface area contributed by atoms with Gasteiger partial charge in [0.25, 0.3) is 0 Å². The number of benzene rings is 1. The van der Waals surface area contributed by atoms with Gasteiger partial charge in [0, 0.05) is 19.1 Å². The highest BCUT2D eigenvalue weighted by atomic mass is 32.2. The molecular formula is C15H24N2O3S. The predicted molar refractivity (Wildman–Crippen MR) is 83.2 cm³/mol. The molecule has 1 atom stereocenters. The van der Waals surface area contributed by atoms with E-state index in [1.54, 1.807) is 29.6 Å². The van der Waals surface area contributed by atoms with Crippen LogP contribution in [0.5, 0.6) is 5.75 Å². The topological polar surface area (TPSA) is 58.6 Å². The molecule has 0 saturated carbocycles. The Morgan fingerprint density at radius 3 is 2.71 bits per heavy atom. The Kier molecular flexibility index (Phi) is 5.24. The Morgan fingerprint density at radius 1 is 1.43 bits per heavy atom. The molecule has 118 valence electrons. The van der Waals surface area contributed by atoms with Crippen molar-refractivity contribution in [3.8, 4) is 5.75 Å². The molecule has 6 heteroatoms. The Morgan fingerprint density at radius 2 is 2.19 bits per heavy atom. The summed E-state index contributed by atoms with van der Waals surface area (Å²) in [7, 11) is -1.87. The molecule has 2 rings (SSSR count). The molecule has 1 unspecified atom stereocenters. The summed E-state index contributed by atoms with van der Waals surface area (Å²) in [5, 5.41) is 3.24. The summed E-state index contributed by atoms with van der Waals surface area (Å²) in [6.45, 7) is 6.03. The van der Waals surface area contributed by atoms with E-state index in [-0.39, 0.29) is 6.04 Å². The van der Waals surface area contributed by atoms with Crippen LogP contribution in [0.3, 0.4) is 0 Å². The van der Waals surface area contributed by atoms with Gasteiger partial charge in [-0.15, -0.1) is 0 Å². The van der Waals surface area contributed by atoms with Gasteiger partial charge in [-0.3, -0.25) is 0 Å². The maximum atomic E-state index is 12.9. The highest BCUT2D eigenvalue weighted by Crippen LogP contribution is 2.26. The van der Waals surface area contributed by atoms with E-state index in [1.807, 2.05) is 13.8 Å². The van der Waals surface area contributed by atoms with Crippen LogP contribution < -0.4 is 10.1 Å². The summed E-state index contributed by atoms with van der Waals surface area (Å²) in [4.78, 5) is 0.348. The molecule has 0 aliphatic carbocycles. The van der Waals surface area contributed by atoms with E-state index in [0.717, 1.165) is 31.5 Å². The quantitative estimate of drug-likeness (QED) is 0.870. The van der Waals surface area contributed by atoms with Crippen LogP contribution in [0.2, 0.25) is 0 Å². The first kappa shape index (κ1) is 16.3. The third-order valence-corrected chi connectivity index (χ3v) is 5.81. The average molecular weight is 312 g/mol. The number of nitrogens with zero attached hydrogens (tertiary/aromatic N) is 1. The van der Waals surface area contributed by atoms with Crippen LogP contribution in [-0.4, -0.2) is 45.5 Å². The van der Waals surface area contributed by atoms with Gasteiger partial charge in [-0.1, -0.05) is 6.92 Å². The fraction of sp³-hybridized carbons (Fsp3) is 0.600. The minimum atomic E-state index is -3.46. The molecule has 1 aromatic rings. The van der Waals surface area contributed by atoms with Crippen molar-refractivity contribution >= 4 is 10.0 Å². The van der Waals surface area contributed by atoms with Crippen LogP contribution in [0.4, 0.5) is 0 Å². The maximum absolute atomic E-state index is 12.9. The van der Waals surface area contributed by atoms with Crippen molar-refractivity contribution in [2.24, 2.45) is 0 Å². The van der Waals surface area contributed by atoms with Gasteiger partial charge in [0.2, 0.25) is 10.0 Å². The van der Waals surface area contributed by atoms with Gasteiger partial charge in [-0.05, 0) is 50.1 Å². The van der Waals surface area contributed by atoms with Crippen molar-refractivity contribution in [2.45, 2.75) is 37.6 Å². The van der Waals surface area contributed by atoms with Crippen LogP contribution in [0, 0.1) is 6.92 Å². The second-order valence-corrected chi connectivity index (χ2v) is 7.28. The van der Waals surface area contributed by atoms with E-state index in [1.165, 1.54) is 0 Å². The number of rotatable bonds is 6. The standard InChI is InChI=1S/C15H24N2O3S/c1-4-9-17(13-7-8-16-11-13)21(18,19)14-5-6-15(20-3)12(2)10-14/h5-6,10,13,16H,4,7-9,11H2,1-3H3. The molecule has 1 fully saturated rings. The zero-order valence-electron chi connectivity index (χ0n) is 12.9. The van der Waals surface area contributed by atoms with Crippen LogP contribution >= 0.6 is 0 Å². The van der Waals surface area contributed by atoms with Crippen LogP contribution in [0.25, 0.3) is 0 Å².